The highest BCUT2D eigenvalue weighted by atomic mass is 32.2. The molecule has 0 spiro atoms. The average Bonchev–Trinajstić information content (AvgIpc) is 2.85. The fourth-order valence-corrected chi connectivity index (χ4v) is 3.44. The van der Waals surface area contributed by atoms with Crippen LogP contribution in [0.1, 0.15) is 45.0 Å². The SMILES string of the molecule is CCCNc1nc(CC)nc(SC2CCOC2C)c1C. The first-order valence-corrected chi connectivity index (χ1v) is 8.43. The first kappa shape index (κ1) is 15.6. The molecule has 2 unspecified atom stereocenters. The molecule has 1 aromatic rings. The van der Waals surface area contributed by atoms with E-state index in [4.69, 9.17) is 9.72 Å². The smallest absolute Gasteiger partial charge is 0.133 e. The lowest BCUT2D eigenvalue weighted by molar-refractivity contribution is 0.127. The minimum Gasteiger partial charge on any atom is -0.377 e. The quantitative estimate of drug-likeness (QED) is 0.815. The molecule has 1 N–H and O–H groups in total. The van der Waals surface area contributed by atoms with Gasteiger partial charge in [-0.05, 0) is 26.7 Å². The van der Waals surface area contributed by atoms with Gasteiger partial charge >= 0.3 is 0 Å². The van der Waals surface area contributed by atoms with E-state index in [1.54, 1.807) is 0 Å². The Hall–Kier alpha value is -0.810. The molecule has 1 aromatic heterocycles. The van der Waals surface area contributed by atoms with Gasteiger partial charge < -0.3 is 10.1 Å². The van der Waals surface area contributed by atoms with Crippen molar-refractivity contribution in [1.82, 2.24) is 9.97 Å². The highest BCUT2D eigenvalue weighted by Gasteiger charge is 2.27. The largest absolute Gasteiger partial charge is 0.377 e. The highest BCUT2D eigenvalue weighted by molar-refractivity contribution is 8.00. The van der Waals surface area contributed by atoms with Crippen molar-refractivity contribution in [2.24, 2.45) is 0 Å². The fourth-order valence-electron chi connectivity index (χ4n) is 2.24. The summed E-state index contributed by atoms with van der Waals surface area (Å²) in [6.07, 6.45) is 3.38. The van der Waals surface area contributed by atoms with Gasteiger partial charge in [0.05, 0.1) is 6.10 Å². The molecule has 1 fully saturated rings. The summed E-state index contributed by atoms with van der Waals surface area (Å²) in [4.78, 5) is 9.33. The van der Waals surface area contributed by atoms with Gasteiger partial charge in [-0.3, -0.25) is 0 Å². The van der Waals surface area contributed by atoms with Gasteiger partial charge in [0.2, 0.25) is 0 Å². The molecule has 2 rings (SSSR count). The number of nitrogens with zero attached hydrogens (tertiary/aromatic N) is 2. The van der Waals surface area contributed by atoms with Gasteiger partial charge in [0.15, 0.2) is 0 Å². The maximum atomic E-state index is 5.65. The zero-order valence-electron chi connectivity index (χ0n) is 12.9. The number of rotatable bonds is 6. The van der Waals surface area contributed by atoms with Crippen LogP contribution >= 0.6 is 11.8 Å². The molecule has 112 valence electrons. The second kappa shape index (κ2) is 7.27. The minimum absolute atomic E-state index is 0.312. The molecule has 1 saturated heterocycles. The number of ether oxygens (including phenoxy) is 1. The lowest BCUT2D eigenvalue weighted by atomic mass is 10.3. The Morgan fingerprint density at radius 2 is 2.15 bits per heavy atom. The molecule has 0 aromatic carbocycles. The van der Waals surface area contributed by atoms with E-state index < -0.39 is 0 Å². The number of hydrogen-bond donors (Lipinski definition) is 1. The van der Waals surface area contributed by atoms with Gasteiger partial charge in [-0.1, -0.05) is 25.6 Å². The second-order valence-electron chi connectivity index (χ2n) is 5.22. The van der Waals surface area contributed by atoms with E-state index in [9.17, 15) is 0 Å². The number of thioether (sulfide) groups is 1. The van der Waals surface area contributed by atoms with Gasteiger partial charge in [0, 0.05) is 30.4 Å². The molecule has 2 atom stereocenters. The van der Waals surface area contributed by atoms with E-state index in [-0.39, 0.29) is 0 Å². The van der Waals surface area contributed by atoms with Crippen LogP contribution in [0, 0.1) is 6.92 Å². The Bertz CT molecular complexity index is 453. The Balaban J connectivity index is 2.21. The molecule has 1 aliphatic heterocycles. The number of hydrogen-bond acceptors (Lipinski definition) is 5. The summed E-state index contributed by atoms with van der Waals surface area (Å²) >= 11 is 1.85. The summed E-state index contributed by atoms with van der Waals surface area (Å²) in [5.74, 6) is 1.91. The lowest BCUT2D eigenvalue weighted by Crippen LogP contribution is -2.15. The molecule has 0 saturated carbocycles. The molecule has 4 nitrogen and oxygen atoms in total. The summed E-state index contributed by atoms with van der Waals surface area (Å²) in [7, 11) is 0. The summed E-state index contributed by atoms with van der Waals surface area (Å²) < 4.78 is 5.65. The third kappa shape index (κ3) is 3.64. The van der Waals surface area contributed by atoms with Crippen molar-refractivity contribution in [1.29, 1.82) is 0 Å². The first-order valence-electron chi connectivity index (χ1n) is 7.55. The van der Waals surface area contributed by atoms with Crippen molar-refractivity contribution in [2.45, 2.75) is 63.3 Å². The van der Waals surface area contributed by atoms with Gasteiger partial charge in [-0.25, -0.2) is 9.97 Å². The Morgan fingerprint density at radius 1 is 1.35 bits per heavy atom. The van der Waals surface area contributed by atoms with Gasteiger partial charge in [0.25, 0.3) is 0 Å². The number of anilines is 1. The standard InChI is InChI=1S/C15H25N3OS/c1-5-8-16-14-10(3)15(18-13(6-2)17-14)20-12-7-9-19-11(12)4/h11-12H,5-9H2,1-4H3,(H,16,17,18). The van der Waals surface area contributed by atoms with Crippen molar-refractivity contribution >= 4 is 17.6 Å². The third-order valence-corrected chi connectivity index (χ3v) is 5.12. The van der Waals surface area contributed by atoms with Gasteiger partial charge in [-0.2, -0.15) is 0 Å². The molecular weight excluding hydrogens is 270 g/mol. The van der Waals surface area contributed by atoms with Crippen molar-refractivity contribution < 1.29 is 4.74 Å². The number of nitrogens with one attached hydrogen (secondary N) is 1. The van der Waals surface area contributed by atoms with Crippen LogP contribution in [0.25, 0.3) is 0 Å². The molecule has 20 heavy (non-hydrogen) atoms. The Kier molecular flexibility index (Phi) is 5.66. The van der Waals surface area contributed by atoms with Crippen LogP contribution < -0.4 is 5.32 Å². The van der Waals surface area contributed by atoms with Gasteiger partial charge in [0.1, 0.15) is 16.7 Å². The second-order valence-corrected chi connectivity index (χ2v) is 6.45. The molecule has 0 radical (unpaired) electrons. The molecule has 5 heteroatoms. The summed E-state index contributed by atoms with van der Waals surface area (Å²) in [5, 5.41) is 5.03. The van der Waals surface area contributed by atoms with Gasteiger partial charge in [-0.15, -0.1) is 0 Å². The highest BCUT2D eigenvalue weighted by Crippen LogP contribution is 2.34. The van der Waals surface area contributed by atoms with Crippen LogP contribution in [-0.2, 0) is 11.2 Å². The van der Waals surface area contributed by atoms with E-state index in [1.807, 2.05) is 11.8 Å². The summed E-state index contributed by atoms with van der Waals surface area (Å²) in [6, 6.07) is 0. The fraction of sp³-hybridized carbons (Fsp3) is 0.733. The first-order chi connectivity index (χ1) is 9.65. The zero-order chi connectivity index (χ0) is 14.5. The lowest BCUT2D eigenvalue weighted by Gasteiger charge is -2.17. The Labute approximate surface area is 126 Å². The van der Waals surface area contributed by atoms with E-state index >= 15 is 0 Å². The minimum atomic E-state index is 0.312. The molecular formula is C15H25N3OS. The number of aryl methyl sites for hydroxylation is 1. The third-order valence-electron chi connectivity index (χ3n) is 3.58. The van der Waals surface area contributed by atoms with E-state index in [2.05, 4.69) is 38.0 Å². The predicted molar refractivity (Wildman–Crippen MR) is 84.6 cm³/mol. The van der Waals surface area contributed by atoms with Crippen LogP contribution in [0.4, 0.5) is 5.82 Å². The zero-order valence-corrected chi connectivity index (χ0v) is 13.7. The average molecular weight is 295 g/mol. The van der Waals surface area contributed by atoms with Crippen LogP contribution in [0.3, 0.4) is 0 Å². The maximum Gasteiger partial charge on any atom is 0.133 e. The maximum absolute atomic E-state index is 5.65. The predicted octanol–water partition coefficient (Wildman–Crippen LogP) is 3.44. The normalized spacial score (nSPS) is 22.2. The topological polar surface area (TPSA) is 47.0 Å². The van der Waals surface area contributed by atoms with E-state index in [0.717, 1.165) is 49.1 Å². The van der Waals surface area contributed by atoms with Crippen molar-refractivity contribution in [2.75, 3.05) is 18.5 Å². The number of aromatic nitrogens is 2. The van der Waals surface area contributed by atoms with Crippen LogP contribution in [-0.4, -0.2) is 34.5 Å². The molecule has 2 heterocycles. The van der Waals surface area contributed by atoms with Crippen molar-refractivity contribution in [3.63, 3.8) is 0 Å². The van der Waals surface area contributed by atoms with Crippen molar-refractivity contribution in [3.8, 4) is 0 Å². The van der Waals surface area contributed by atoms with Crippen molar-refractivity contribution in [3.05, 3.63) is 11.4 Å². The summed E-state index contributed by atoms with van der Waals surface area (Å²) in [6.45, 7) is 10.3. The van der Waals surface area contributed by atoms with Crippen LogP contribution in [0.15, 0.2) is 5.03 Å². The molecule has 0 bridgehead atoms. The van der Waals surface area contributed by atoms with Crippen LogP contribution in [0.2, 0.25) is 0 Å². The molecule has 0 amide bonds. The summed E-state index contributed by atoms with van der Waals surface area (Å²) in [5.41, 5.74) is 1.17. The monoisotopic (exact) mass is 295 g/mol. The Morgan fingerprint density at radius 3 is 2.75 bits per heavy atom. The van der Waals surface area contributed by atoms with Crippen LogP contribution in [0.5, 0.6) is 0 Å². The van der Waals surface area contributed by atoms with E-state index in [0.29, 0.717) is 11.4 Å². The molecule has 1 aliphatic rings. The van der Waals surface area contributed by atoms with E-state index in [1.165, 1.54) is 5.56 Å². The molecule has 0 aliphatic carbocycles.